The largest absolute Gasteiger partial charge is 0.306 e. The summed E-state index contributed by atoms with van der Waals surface area (Å²) in [6, 6.07) is 0.131. The lowest BCUT2D eigenvalue weighted by Gasteiger charge is -2.29. The molecule has 1 heterocycles. The van der Waals surface area contributed by atoms with Gasteiger partial charge in [0.2, 0.25) is 0 Å². The van der Waals surface area contributed by atoms with E-state index in [1.807, 2.05) is 6.92 Å². The lowest BCUT2D eigenvalue weighted by atomic mass is 10.2. The van der Waals surface area contributed by atoms with Crippen molar-refractivity contribution >= 4 is 5.91 Å². The van der Waals surface area contributed by atoms with Crippen LogP contribution >= 0.6 is 0 Å². The van der Waals surface area contributed by atoms with Crippen molar-refractivity contribution in [2.75, 3.05) is 13.1 Å². The quantitative estimate of drug-likeness (QED) is 0.315. The Kier molecular flexibility index (Phi) is 1.68. The van der Waals surface area contributed by atoms with E-state index in [2.05, 4.69) is 5.32 Å². The molecular formula is C5H11N3O. The molecule has 1 saturated heterocycles. The standard InChI is InChI=1S/C5H11N3O/c1-4-2-7-3-5(9)8(4)6/h4,7H,2-3,6H2,1H3. The fourth-order valence-corrected chi connectivity index (χ4v) is 0.823. The van der Waals surface area contributed by atoms with Crippen molar-refractivity contribution in [2.45, 2.75) is 13.0 Å². The summed E-state index contributed by atoms with van der Waals surface area (Å²) in [4.78, 5) is 10.7. The molecule has 0 aromatic heterocycles. The van der Waals surface area contributed by atoms with Crippen molar-refractivity contribution in [1.29, 1.82) is 0 Å². The fraction of sp³-hybridized carbons (Fsp3) is 0.800. The number of hydrazine groups is 1. The first-order valence-corrected chi connectivity index (χ1v) is 2.99. The summed E-state index contributed by atoms with van der Waals surface area (Å²) < 4.78 is 0. The highest BCUT2D eigenvalue weighted by Crippen LogP contribution is 1.95. The number of nitrogens with two attached hydrogens (primary N) is 1. The van der Waals surface area contributed by atoms with Gasteiger partial charge in [0, 0.05) is 6.54 Å². The summed E-state index contributed by atoms with van der Waals surface area (Å²) in [6.45, 7) is 3.08. The SMILES string of the molecule is CC1CNCC(=O)N1N. The molecule has 4 nitrogen and oxygen atoms in total. The Morgan fingerprint density at radius 1 is 1.89 bits per heavy atom. The summed E-state index contributed by atoms with van der Waals surface area (Å²) in [5.41, 5.74) is 0. The van der Waals surface area contributed by atoms with Gasteiger partial charge in [-0.25, -0.2) is 5.84 Å². The Morgan fingerprint density at radius 3 is 3.00 bits per heavy atom. The molecular weight excluding hydrogens is 118 g/mol. The van der Waals surface area contributed by atoms with Crippen molar-refractivity contribution in [2.24, 2.45) is 5.84 Å². The zero-order valence-corrected chi connectivity index (χ0v) is 5.42. The van der Waals surface area contributed by atoms with E-state index in [1.54, 1.807) is 0 Å². The average molecular weight is 129 g/mol. The molecule has 1 atom stereocenters. The third-order valence-electron chi connectivity index (χ3n) is 1.48. The second kappa shape index (κ2) is 2.33. The topological polar surface area (TPSA) is 58.4 Å². The number of hydrogen-bond acceptors (Lipinski definition) is 3. The molecule has 0 aromatic rings. The smallest absolute Gasteiger partial charge is 0.250 e. The highest BCUT2D eigenvalue weighted by Gasteiger charge is 2.20. The Hall–Kier alpha value is -0.610. The van der Waals surface area contributed by atoms with E-state index in [4.69, 9.17) is 5.84 Å². The van der Waals surface area contributed by atoms with Crippen molar-refractivity contribution in [3.05, 3.63) is 0 Å². The number of carbonyl (C=O) groups is 1. The number of rotatable bonds is 0. The minimum atomic E-state index is -0.0336. The van der Waals surface area contributed by atoms with E-state index < -0.39 is 0 Å². The van der Waals surface area contributed by atoms with Crippen LogP contribution in [0.2, 0.25) is 0 Å². The zero-order valence-electron chi connectivity index (χ0n) is 5.42. The van der Waals surface area contributed by atoms with E-state index in [-0.39, 0.29) is 11.9 Å². The minimum Gasteiger partial charge on any atom is -0.306 e. The van der Waals surface area contributed by atoms with E-state index in [1.165, 1.54) is 5.01 Å². The monoisotopic (exact) mass is 129 g/mol. The summed E-state index contributed by atoms with van der Waals surface area (Å²) in [5.74, 6) is 5.33. The van der Waals surface area contributed by atoms with Crippen LogP contribution in [0.5, 0.6) is 0 Å². The maximum absolute atomic E-state index is 10.7. The van der Waals surface area contributed by atoms with Crippen LogP contribution in [0, 0.1) is 0 Å². The molecule has 0 aliphatic carbocycles. The zero-order chi connectivity index (χ0) is 6.85. The predicted octanol–water partition coefficient (Wildman–Crippen LogP) is -1.32. The molecule has 3 N–H and O–H groups in total. The summed E-state index contributed by atoms with van der Waals surface area (Å²) in [7, 11) is 0. The van der Waals surface area contributed by atoms with Crippen molar-refractivity contribution in [1.82, 2.24) is 10.3 Å². The van der Waals surface area contributed by atoms with Gasteiger partial charge >= 0.3 is 0 Å². The first kappa shape index (κ1) is 6.51. The van der Waals surface area contributed by atoms with Crippen LogP contribution < -0.4 is 11.2 Å². The number of piperazine rings is 1. The van der Waals surface area contributed by atoms with Crippen LogP contribution in [-0.4, -0.2) is 30.0 Å². The van der Waals surface area contributed by atoms with E-state index >= 15 is 0 Å². The molecule has 0 bridgehead atoms. The third kappa shape index (κ3) is 1.20. The highest BCUT2D eigenvalue weighted by atomic mass is 16.2. The molecule has 0 saturated carbocycles. The van der Waals surface area contributed by atoms with Crippen molar-refractivity contribution in [3.63, 3.8) is 0 Å². The van der Waals surface area contributed by atoms with Crippen LogP contribution in [0.4, 0.5) is 0 Å². The van der Waals surface area contributed by atoms with Gasteiger partial charge in [-0.2, -0.15) is 0 Å². The summed E-state index contributed by atoms with van der Waals surface area (Å²) in [6.07, 6.45) is 0. The maximum atomic E-state index is 10.7. The van der Waals surface area contributed by atoms with Crippen LogP contribution in [0.3, 0.4) is 0 Å². The molecule has 1 fully saturated rings. The molecule has 1 amide bonds. The van der Waals surface area contributed by atoms with Gasteiger partial charge in [-0.3, -0.25) is 9.80 Å². The molecule has 1 aliphatic rings. The van der Waals surface area contributed by atoms with Crippen LogP contribution in [-0.2, 0) is 4.79 Å². The molecule has 1 rings (SSSR count). The molecule has 0 aromatic carbocycles. The Morgan fingerprint density at radius 2 is 2.56 bits per heavy atom. The number of nitrogens with zero attached hydrogens (tertiary/aromatic N) is 1. The second-order valence-electron chi connectivity index (χ2n) is 2.28. The van der Waals surface area contributed by atoms with Gasteiger partial charge in [-0.1, -0.05) is 0 Å². The van der Waals surface area contributed by atoms with Crippen molar-refractivity contribution in [3.8, 4) is 0 Å². The minimum absolute atomic E-state index is 0.0336. The first-order chi connectivity index (χ1) is 4.22. The van der Waals surface area contributed by atoms with Gasteiger partial charge in [0.1, 0.15) is 0 Å². The van der Waals surface area contributed by atoms with Gasteiger partial charge in [0.15, 0.2) is 0 Å². The van der Waals surface area contributed by atoms with E-state index in [9.17, 15) is 4.79 Å². The van der Waals surface area contributed by atoms with Crippen LogP contribution in [0.25, 0.3) is 0 Å². The number of carbonyl (C=O) groups excluding carboxylic acids is 1. The van der Waals surface area contributed by atoms with Crippen molar-refractivity contribution < 1.29 is 4.79 Å². The predicted molar refractivity (Wildman–Crippen MR) is 33.4 cm³/mol. The first-order valence-electron chi connectivity index (χ1n) is 2.99. The lowest BCUT2D eigenvalue weighted by Crippen LogP contribution is -2.56. The van der Waals surface area contributed by atoms with Gasteiger partial charge in [0.05, 0.1) is 12.6 Å². The van der Waals surface area contributed by atoms with Gasteiger partial charge in [-0.05, 0) is 6.92 Å². The Bertz CT molecular complexity index is 125. The Balaban J connectivity index is 2.51. The van der Waals surface area contributed by atoms with E-state index in [0.717, 1.165) is 6.54 Å². The molecule has 4 heteroatoms. The number of nitrogens with one attached hydrogen (secondary N) is 1. The van der Waals surface area contributed by atoms with Crippen LogP contribution in [0.15, 0.2) is 0 Å². The number of hydrogen-bond donors (Lipinski definition) is 2. The normalized spacial score (nSPS) is 28.9. The molecule has 1 aliphatic heterocycles. The fourth-order valence-electron chi connectivity index (χ4n) is 0.823. The molecule has 9 heavy (non-hydrogen) atoms. The number of amides is 1. The molecule has 0 spiro atoms. The van der Waals surface area contributed by atoms with Gasteiger partial charge in [-0.15, -0.1) is 0 Å². The molecule has 52 valence electrons. The second-order valence-corrected chi connectivity index (χ2v) is 2.28. The summed E-state index contributed by atoms with van der Waals surface area (Å²) in [5, 5.41) is 4.22. The molecule has 0 radical (unpaired) electrons. The average Bonchev–Trinajstić information content (AvgIpc) is 1.83. The van der Waals surface area contributed by atoms with Gasteiger partial charge < -0.3 is 5.32 Å². The maximum Gasteiger partial charge on any atom is 0.250 e. The lowest BCUT2D eigenvalue weighted by molar-refractivity contribution is -0.134. The van der Waals surface area contributed by atoms with Crippen LogP contribution in [0.1, 0.15) is 6.92 Å². The summed E-state index contributed by atoms with van der Waals surface area (Å²) >= 11 is 0. The highest BCUT2D eigenvalue weighted by molar-refractivity contribution is 5.78. The van der Waals surface area contributed by atoms with E-state index in [0.29, 0.717) is 6.54 Å². The Labute approximate surface area is 54.0 Å². The third-order valence-corrected chi connectivity index (χ3v) is 1.48. The van der Waals surface area contributed by atoms with Gasteiger partial charge in [0.25, 0.3) is 5.91 Å². The molecule has 1 unspecified atom stereocenters.